The summed E-state index contributed by atoms with van der Waals surface area (Å²) in [5, 5.41) is 5.68. The first-order valence-corrected chi connectivity index (χ1v) is 14.5. The van der Waals surface area contributed by atoms with E-state index >= 15 is 0 Å². The Hall–Kier alpha value is -5.70. The third-order valence-corrected chi connectivity index (χ3v) is 7.35. The van der Waals surface area contributed by atoms with E-state index in [1.165, 1.54) is 0 Å². The molecule has 0 saturated carbocycles. The van der Waals surface area contributed by atoms with Gasteiger partial charge in [-0.25, -0.2) is 14.8 Å². The minimum absolute atomic E-state index is 0.180. The van der Waals surface area contributed by atoms with E-state index in [2.05, 4.69) is 25.5 Å². The van der Waals surface area contributed by atoms with Crippen LogP contribution in [0.2, 0.25) is 0 Å². The van der Waals surface area contributed by atoms with Gasteiger partial charge in [-0.15, -0.1) is 0 Å². The van der Waals surface area contributed by atoms with Crippen LogP contribution in [0.5, 0.6) is 5.75 Å². The zero-order valence-electron chi connectivity index (χ0n) is 24.0. The summed E-state index contributed by atoms with van der Waals surface area (Å²) in [5.74, 6) is 0.893. The van der Waals surface area contributed by atoms with Gasteiger partial charge in [0.15, 0.2) is 0 Å². The van der Waals surface area contributed by atoms with E-state index < -0.39 is 12.1 Å². The summed E-state index contributed by atoms with van der Waals surface area (Å²) in [6, 6.07) is 35.5. The van der Waals surface area contributed by atoms with E-state index in [0.29, 0.717) is 54.8 Å². The fourth-order valence-electron chi connectivity index (χ4n) is 5.14. The highest BCUT2D eigenvalue weighted by Crippen LogP contribution is 2.33. The topological polar surface area (TPSA) is 99.7 Å². The molecule has 0 aliphatic carbocycles. The standard InChI is InChI=1S/C35H32N6O3/c42-33(40-21-23-41(24-22-40)34-36-19-10-20-37-34)30-25-29(39-35(43)38-28-15-8-3-9-16-28)17-18-31(30)44-32(26-11-4-1-5-12-26)27-13-6-2-7-14-27/h1-20,25,32H,21-24H2,(H2,38,39,43). The molecule has 1 fully saturated rings. The lowest BCUT2D eigenvalue weighted by molar-refractivity contribution is 0.0740. The summed E-state index contributed by atoms with van der Waals surface area (Å²) in [4.78, 5) is 39.5. The van der Waals surface area contributed by atoms with Crippen LogP contribution in [0.3, 0.4) is 0 Å². The fourth-order valence-corrected chi connectivity index (χ4v) is 5.14. The van der Waals surface area contributed by atoms with Gasteiger partial charge in [0.05, 0.1) is 5.56 Å². The molecule has 4 aromatic carbocycles. The summed E-state index contributed by atoms with van der Waals surface area (Å²) in [5.41, 5.74) is 3.41. The Labute approximate surface area is 256 Å². The van der Waals surface area contributed by atoms with Crippen molar-refractivity contribution in [3.63, 3.8) is 0 Å². The van der Waals surface area contributed by atoms with Crippen molar-refractivity contribution in [1.82, 2.24) is 14.9 Å². The SMILES string of the molecule is O=C(Nc1ccccc1)Nc1ccc(OC(c2ccccc2)c2ccccc2)c(C(=O)N2CCN(c3ncccn3)CC2)c1. The van der Waals surface area contributed by atoms with Gasteiger partial charge in [-0.3, -0.25) is 4.79 Å². The number of urea groups is 1. The zero-order chi connectivity index (χ0) is 30.1. The Kier molecular flexibility index (Phi) is 8.73. The second-order valence-corrected chi connectivity index (χ2v) is 10.3. The molecule has 0 spiro atoms. The second-order valence-electron chi connectivity index (χ2n) is 10.3. The summed E-state index contributed by atoms with van der Waals surface area (Å²) in [6.07, 6.45) is 2.98. The van der Waals surface area contributed by atoms with Gasteiger partial charge in [-0.2, -0.15) is 0 Å². The number of amides is 3. The fraction of sp³-hybridized carbons (Fsp3) is 0.143. The van der Waals surface area contributed by atoms with Gasteiger partial charge in [-0.05, 0) is 47.5 Å². The number of aromatic nitrogens is 2. The van der Waals surface area contributed by atoms with Crippen molar-refractivity contribution < 1.29 is 14.3 Å². The van der Waals surface area contributed by atoms with Crippen molar-refractivity contribution in [2.75, 3.05) is 41.7 Å². The molecule has 1 aliphatic heterocycles. The summed E-state index contributed by atoms with van der Waals surface area (Å²) < 4.78 is 6.67. The van der Waals surface area contributed by atoms with Crippen LogP contribution in [0.1, 0.15) is 27.6 Å². The first kappa shape index (κ1) is 28.4. The molecular weight excluding hydrogens is 552 g/mol. The van der Waals surface area contributed by atoms with Gasteiger partial charge in [0.1, 0.15) is 11.9 Å². The molecule has 6 rings (SSSR count). The first-order chi connectivity index (χ1) is 21.6. The van der Waals surface area contributed by atoms with Crippen LogP contribution in [0.4, 0.5) is 22.1 Å². The Balaban J connectivity index is 1.28. The van der Waals surface area contributed by atoms with Gasteiger partial charge in [0.25, 0.3) is 5.91 Å². The molecule has 2 heterocycles. The third-order valence-electron chi connectivity index (χ3n) is 7.35. The van der Waals surface area contributed by atoms with Crippen molar-refractivity contribution >= 4 is 29.3 Å². The number of carbonyl (C=O) groups excluding carboxylic acids is 2. The Bertz CT molecular complexity index is 1640. The number of anilines is 3. The highest BCUT2D eigenvalue weighted by molar-refractivity contribution is 6.02. The monoisotopic (exact) mass is 584 g/mol. The molecule has 1 aromatic heterocycles. The molecule has 220 valence electrons. The molecule has 0 radical (unpaired) electrons. The Morgan fingerprint density at radius 3 is 1.84 bits per heavy atom. The maximum Gasteiger partial charge on any atom is 0.323 e. The number of rotatable bonds is 8. The number of hydrogen-bond donors (Lipinski definition) is 2. The molecule has 2 N–H and O–H groups in total. The molecule has 1 aliphatic rings. The quantitative estimate of drug-likeness (QED) is 0.224. The van der Waals surface area contributed by atoms with Crippen LogP contribution in [-0.4, -0.2) is 53.0 Å². The number of piperazine rings is 1. The maximum atomic E-state index is 14.1. The molecule has 9 nitrogen and oxygen atoms in total. The van der Waals surface area contributed by atoms with Crippen molar-refractivity contribution in [3.05, 3.63) is 144 Å². The third kappa shape index (κ3) is 6.84. The minimum atomic E-state index is -0.448. The number of benzene rings is 4. The summed E-state index contributed by atoms with van der Waals surface area (Å²) in [7, 11) is 0. The number of carbonyl (C=O) groups is 2. The van der Waals surface area contributed by atoms with Gasteiger partial charge in [-0.1, -0.05) is 78.9 Å². The largest absolute Gasteiger partial charge is 0.480 e. The van der Waals surface area contributed by atoms with Gasteiger partial charge >= 0.3 is 6.03 Å². The number of hydrogen-bond acceptors (Lipinski definition) is 6. The Morgan fingerprint density at radius 2 is 1.23 bits per heavy atom. The second kappa shape index (κ2) is 13.5. The minimum Gasteiger partial charge on any atom is -0.480 e. The number of nitrogens with one attached hydrogen (secondary N) is 2. The Morgan fingerprint density at radius 1 is 0.659 bits per heavy atom. The average molecular weight is 585 g/mol. The summed E-state index contributed by atoms with van der Waals surface area (Å²) in [6.45, 7) is 2.17. The van der Waals surface area contributed by atoms with E-state index in [4.69, 9.17) is 4.74 Å². The lowest BCUT2D eigenvalue weighted by atomic mass is 10.0. The van der Waals surface area contributed by atoms with E-state index in [-0.39, 0.29) is 5.91 Å². The maximum absolute atomic E-state index is 14.1. The molecule has 0 atom stereocenters. The predicted octanol–water partition coefficient (Wildman–Crippen LogP) is 6.25. The van der Waals surface area contributed by atoms with E-state index in [1.54, 1.807) is 53.7 Å². The smallest absolute Gasteiger partial charge is 0.323 e. The molecule has 44 heavy (non-hydrogen) atoms. The normalized spacial score (nSPS) is 12.9. The number of ether oxygens (including phenoxy) is 1. The van der Waals surface area contributed by atoms with Crippen molar-refractivity contribution in [2.24, 2.45) is 0 Å². The molecule has 0 bridgehead atoms. The van der Waals surface area contributed by atoms with Gasteiger partial charge in [0, 0.05) is 49.9 Å². The first-order valence-electron chi connectivity index (χ1n) is 14.5. The summed E-state index contributed by atoms with van der Waals surface area (Å²) >= 11 is 0. The van der Waals surface area contributed by atoms with Crippen LogP contribution < -0.4 is 20.3 Å². The van der Waals surface area contributed by atoms with Gasteiger partial charge in [0.2, 0.25) is 5.95 Å². The van der Waals surface area contributed by atoms with Crippen LogP contribution in [-0.2, 0) is 0 Å². The number of para-hydroxylation sites is 1. The predicted molar refractivity (Wildman–Crippen MR) is 171 cm³/mol. The lowest BCUT2D eigenvalue weighted by Crippen LogP contribution is -2.49. The van der Waals surface area contributed by atoms with Gasteiger partial charge < -0.3 is 25.2 Å². The molecular formula is C35H32N6O3. The van der Waals surface area contributed by atoms with Crippen LogP contribution in [0.25, 0.3) is 0 Å². The molecule has 0 unspecified atom stereocenters. The van der Waals surface area contributed by atoms with Crippen molar-refractivity contribution in [3.8, 4) is 5.75 Å². The molecule has 3 amide bonds. The molecule has 9 heteroatoms. The lowest BCUT2D eigenvalue weighted by Gasteiger charge is -2.35. The van der Waals surface area contributed by atoms with Crippen LogP contribution in [0, 0.1) is 0 Å². The van der Waals surface area contributed by atoms with E-state index in [0.717, 1.165) is 11.1 Å². The van der Waals surface area contributed by atoms with E-state index in [9.17, 15) is 9.59 Å². The molecule has 5 aromatic rings. The number of nitrogens with zero attached hydrogens (tertiary/aromatic N) is 4. The van der Waals surface area contributed by atoms with Crippen LogP contribution >= 0.6 is 0 Å². The van der Waals surface area contributed by atoms with Crippen molar-refractivity contribution in [1.29, 1.82) is 0 Å². The molecule has 1 saturated heterocycles. The van der Waals surface area contributed by atoms with Crippen molar-refractivity contribution in [2.45, 2.75) is 6.10 Å². The highest BCUT2D eigenvalue weighted by atomic mass is 16.5. The van der Waals surface area contributed by atoms with E-state index in [1.807, 2.05) is 78.9 Å². The average Bonchev–Trinajstić information content (AvgIpc) is 3.09. The van der Waals surface area contributed by atoms with Crippen LogP contribution in [0.15, 0.2) is 128 Å². The highest BCUT2D eigenvalue weighted by Gasteiger charge is 2.27. The zero-order valence-corrected chi connectivity index (χ0v) is 24.0.